The third-order valence-corrected chi connectivity index (χ3v) is 2.71. The molecule has 0 radical (unpaired) electrons. The van der Waals surface area contributed by atoms with Gasteiger partial charge in [-0.3, -0.25) is 4.79 Å². The molecule has 0 heterocycles. The molecular weight excluding hydrogens is 272 g/mol. The lowest BCUT2D eigenvalue weighted by Crippen LogP contribution is -2.05. The zero-order valence-electron chi connectivity index (χ0n) is 11.4. The molecule has 0 aliphatic heterocycles. The maximum absolute atomic E-state index is 11.1. The number of carbonyl (C=O) groups excluding carboxylic acids is 1. The van der Waals surface area contributed by atoms with Crippen LogP contribution in [0.1, 0.15) is 22.8 Å². The number of hydrogen-bond acceptors (Lipinski definition) is 4. The normalized spacial score (nSPS) is 9.95. The molecule has 5 nitrogen and oxygen atoms in total. The molecule has 21 heavy (non-hydrogen) atoms. The highest BCUT2D eigenvalue weighted by Crippen LogP contribution is 2.21. The Bertz CT molecular complexity index is 663. The van der Waals surface area contributed by atoms with Gasteiger partial charge in [0.2, 0.25) is 0 Å². The van der Waals surface area contributed by atoms with E-state index < -0.39 is 11.9 Å². The SMILES string of the molecule is CC(=O)Oc1cccc(OCc2ccccc2C(=O)O)c1. The maximum Gasteiger partial charge on any atom is 0.336 e. The van der Waals surface area contributed by atoms with Gasteiger partial charge in [-0.05, 0) is 18.2 Å². The van der Waals surface area contributed by atoms with Crippen molar-refractivity contribution in [2.24, 2.45) is 0 Å². The van der Waals surface area contributed by atoms with E-state index in [-0.39, 0.29) is 12.2 Å². The van der Waals surface area contributed by atoms with Crippen LogP contribution >= 0.6 is 0 Å². The molecule has 0 fully saturated rings. The van der Waals surface area contributed by atoms with E-state index >= 15 is 0 Å². The second kappa shape index (κ2) is 6.56. The molecule has 0 saturated heterocycles. The van der Waals surface area contributed by atoms with Gasteiger partial charge < -0.3 is 14.6 Å². The third kappa shape index (κ3) is 4.07. The molecule has 0 unspecified atom stereocenters. The molecule has 0 bridgehead atoms. The van der Waals surface area contributed by atoms with Crippen LogP contribution in [0.15, 0.2) is 48.5 Å². The van der Waals surface area contributed by atoms with Crippen LogP contribution < -0.4 is 9.47 Å². The van der Waals surface area contributed by atoms with E-state index in [1.54, 1.807) is 42.5 Å². The van der Waals surface area contributed by atoms with Crippen LogP contribution in [0.5, 0.6) is 11.5 Å². The Hall–Kier alpha value is -2.82. The topological polar surface area (TPSA) is 72.8 Å². The van der Waals surface area contributed by atoms with E-state index in [0.29, 0.717) is 17.1 Å². The summed E-state index contributed by atoms with van der Waals surface area (Å²) in [6.45, 7) is 1.43. The standard InChI is InChI=1S/C16H14O5/c1-11(17)21-14-7-4-6-13(9-14)20-10-12-5-2-3-8-15(12)16(18)19/h2-9H,10H2,1H3,(H,18,19). The van der Waals surface area contributed by atoms with E-state index in [0.717, 1.165) is 0 Å². The van der Waals surface area contributed by atoms with Gasteiger partial charge in [0.1, 0.15) is 18.1 Å². The van der Waals surface area contributed by atoms with Gasteiger partial charge >= 0.3 is 11.9 Å². The van der Waals surface area contributed by atoms with Gasteiger partial charge in [0.15, 0.2) is 0 Å². The minimum atomic E-state index is -0.997. The largest absolute Gasteiger partial charge is 0.489 e. The van der Waals surface area contributed by atoms with Crippen molar-refractivity contribution in [3.05, 3.63) is 59.7 Å². The van der Waals surface area contributed by atoms with E-state index in [4.69, 9.17) is 14.6 Å². The molecule has 5 heteroatoms. The molecule has 108 valence electrons. The third-order valence-electron chi connectivity index (χ3n) is 2.71. The number of carbonyl (C=O) groups is 2. The number of aromatic carboxylic acids is 1. The molecular formula is C16H14O5. The average molecular weight is 286 g/mol. The lowest BCUT2D eigenvalue weighted by atomic mass is 10.1. The summed E-state index contributed by atoms with van der Waals surface area (Å²) >= 11 is 0. The fourth-order valence-corrected chi connectivity index (χ4v) is 1.81. The Kier molecular flexibility index (Phi) is 4.56. The Morgan fingerprint density at radius 1 is 1.05 bits per heavy atom. The molecule has 0 aromatic heterocycles. The van der Waals surface area contributed by atoms with Crippen molar-refractivity contribution in [2.45, 2.75) is 13.5 Å². The van der Waals surface area contributed by atoms with E-state index in [1.165, 1.54) is 13.0 Å². The van der Waals surface area contributed by atoms with Gasteiger partial charge in [0, 0.05) is 18.6 Å². The zero-order valence-corrected chi connectivity index (χ0v) is 11.4. The predicted molar refractivity (Wildman–Crippen MR) is 75.5 cm³/mol. The van der Waals surface area contributed by atoms with Gasteiger partial charge in [0.05, 0.1) is 5.56 Å². The molecule has 1 N–H and O–H groups in total. The summed E-state index contributed by atoms with van der Waals surface area (Å²) in [6, 6.07) is 13.2. The van der Waals surface area contributed by atoms with Crippen LogP contribution in [0.2, 0.25) is 0 Å². The van der Waals surface area contributed by atoms with Crippen molar-refractivity contribution < 1.29 is 24.2 Å². The second-order valence-electron chi connectivity index (χ2n) is 4.32. The summed E-state index contributed by atoms with van der Waals surface area (Å²) in [5, 5.41) is 9.09. The molecule has 0 saturated carbocycles. The monoisotopic (exact) mass is 286 g/mol. The van der Waals surface area contributed by atoms with Crippen LogP contribution in [-0.2, 0) is 11.4 Å². The summed E-state index contributed by atoms with van der Waals surface area (Å²) in [5.41, 5.74) is 0.775. The van der Waals surface area contributed by atoms with Crippen LogP contribution in [0.25, 0.3) is 0 Å². The number of benzene rings is 2. The zero-order chi connectivity index (χ0) is 15.2. The second-order valence-corrected chi connectivity index (χ2v) is 4.32. The fraction of sp³-hybridized carbons (Fsp3) is 0.125. The molecule has 2 aromatic rings. The minimum absolute atomic E-state index is 0.117. The van der Waals surface area contributed by atoms with Crippen molar-refractivity contribution >= 4 is 11.9 Å². The van der Waals surface area contributed by atoms with Crippen LogP contribution in [0, 0.1) is 0 Å². The van der Waals surface area contributed by atoms with Crippen molar-refractivity contribution in [3.8, 4) is 11.5 Å². The molecule has 0 amide bonds. The van der Waals surface area contributed by atoms with E-state index in [9.17, 15) is 9.59 Å². The Labute approximate surface area is 121 Å². The Morgan fingerprint density at radius 3 is 2.48 bits per heavy atom. The first-order valence-corrected chi connectivity index (χ1v) is 6.29. The highest BCUT2D eigenvalue weighted by atomic mass is 16.5. The number of esters is 1. The molecule has 0 aliphatic rings. The Balaban J connectivity index is 2.10. The molecule has 0 spiro atoms. The van der Waals surface area contributed by atoms with Crippen molar-refractivity contribution in [3.63, 3.8) is 0 Å². The van der Waals surface area contributed by atoms with Crippen LogP contribution in [0.3, 0.4) is 0 Å². The lowest BCUT2D eigenvalue weighted by molar-refractivity contribution is -0.131. The quantitative estimate of drug-likeness (QED) is 0.676. The predicted octanol–water partition coefficient (Wildman–Crippen LogP) is 2.89. The van der Waals surface area contributed by atoms with Crippen LogP contribution in [-0.4, -0.2) is 17.0 Å². The summed E-state index contributed by atoms with van der Waals surface area (Å²) in [7, 11) is 0. The molecule has 2 aromatic carbocycles. The van der Waals surface area contributed by atoms with Crippen molar-refractivity contribution in [2.75, 3.05) is 0 Å². The average Bonchev–Trinajstić information content (AvgIpc) is 2.45. The van der Waals surface area contributed by atoms with E-state index in [1.807, 2.05) is 0 Å². The highest BCUT2D eigenvalue weighted by molar-refractivity contribution is 5.89. The molecule has 2 rings (SSSR count). The highest BCUT2D eigenvalue weighted by Gasteiger charge is 2.09. The summed E-state index contributed by atoms with van der Waals surface area (Å²) in [5.74, 6) is -0.535. The first kappa shape index (κ1) is 14.6. The first-order chi connectivity index (χ1) is 10.1. The lowest BCUT2D eigenvalue weighted by Gasteiger charge is -2.09. The van der Waals surface area contributed by atoms with Gasteiger partial charge in [-0.2, -0.15) is 0 Å². The fourth-order valence-electron chi connectivity index (χ4n) is 1.81. The number of ether oxygens (including phenoxy) is 2. The van der Waals surface area contributed by atoms with Crippen LogP contribution in [0.4, 0.5) is 0 Å². The summed E-state index contributed by atoms with van der Waals surface area (Å²) < 4.78 is 10.5. The molecule has 0 aliphatic carbocycles. The summed E-state index contributed by atoms with van der Waals surface area (Å²) in [4.78, 5) is 22.0. The number of carboxylic acid groups (broad SMARTS) is 1. The Morgan fingerprint density at radius 2 is 1.76 bits per heavy atom. The number of carboxylic acids is 1. The number of hydrogen-bond donors (Lipinski definition) is 1. The van der Waals surface area contributed by atoms with Gasteiger partial charge in [0.25, 0.3) is 0 Å². The smallest absolute Gasteiger partial charge is 0.336 e. The minimum Gasteiger partial charge on any atom is -0.489 e. The maximum atomic E-state index is 11.1. The van der Waals surface area contributed by atoms with E-state index in [2.05, 4.69) is 0 Å². The van der Waals surface area contributed by atoms with Gasteiger partial charge in [-0.1, -0.05) is 24.3 Å². The van der Waals surface area contributed by atoms with Gasteiger partial charge in [-0.25, -0.2) is 4.79 Å². The van der Waals surface area contributed by atoms with Crippen molar-refractivity contribution in [1.29, 1.82) is 0 Å². The van der Waals surface area contributed by atoms with Gasteiger partial charge in [-0.15, -0.1) is 0 Å². The van der Waals surface area contributed by atoms with Crippen molar-refractivity contribution in [1.82, 2.24) is 0 Å². The molecule has 0 atom stereocenters. The number of rotatable bonds is 5. The first-order valence-electron chi connectivity index (χ1n) is 6.29. The summed E-state index contributed by atoms with van der Waals surface area (Å²) in [6.07, 6.45) is 0.